The Labute approximate surface area is 102 Å². The fourth-order valence-corrected chi connectivity index (χ4v) is 2.12. The topological polar surface area (TPSA) is 56.4 Å². The first-order valence-electron chi connectivity index (χ1n) is 5.58. The van der Waals surface area contributed by atoms with Crippen LogP contribution in [0.15, 0.2) is 35.1 Å². The molecule has 90 valence electrons. The van der Waals surface area contributed by atoms with E-state index in [1.165, 1.54) is 16.0 Å². The van der Waals surface area contributed by atoms with Gasteiger partial charge >= 0.3 is 5.69 Å². The van der Waals surface area contributed by atoms with Crippen LogP contribution < -0.4 is 5.69 Å². The molecule has 2 aromatic heterocycles. The zero-order valence-corrected chi connectivity index (χ0v) is 10.0. The molecule has 0 N–H and O–H groups in total. The Bertz CT molecular complexity index is 842. The summed E-state index contributed by atoms with van der Waals surface area (Å²) in [7, 11) is 1.69. The van der Waals surface area contributed by atoms with Crippen molar-refractivity contribution in [3.05, 3.63) is 46.5 Å². The molecule has 3 aromatic rings. The van der Waals surface area contributed by atoms with Gasteiger partial charge in [-0.15, -0.1) is 0 Å². The van der Waals surface area contributed by atoms with E-state index in [-0.39, 0.29) is 11.5 Å². The monoisotopic (exact) mass is 241 g/mol. The number of rotatable bonds is 1. The van der Waals surface area contributed by atoms with Crippen molar-refractivity contribution in [2.75, 3.05) is 0 Å². The minimum Gasteiger partial charge on any atom is -0.295 e. The molecule has 0 atom stereocenters. The number of carbonyl (C=O) groups excluding carboxylic acids is 1. The number of hydrogen-bond acceptors (Lipinski definition) is 3. The van der Waals surface area contributed by atoms with Gasteiger partial charge in [0, 0.05) is 19.4 Å². The van der Waals surface area contributed by atoms with E-state index in [2.05, 4.69) is 5.10 Å². The first kappa shape index (κ1) is 10.7. The second-order valence-corrected chi connectivity index (χ2v) is 4.24. The van der Waals surface area contributed by atoms with Crippen LogP contribution in [0.25, 0.3) is 16.4 Å². The number of aryl methyl sites for hydroxylation is 1. The van der Waals surface area contributed by atoms with Crippen LogP contribution in [0.1, 0.15) is 17.4 Å². The van der Waals surface area contributed by atoms with Gasteiger partial charge in [-0.25, -0.2) is 4.79 Å². The molecule has 0 bridgehead atoms. The Kier molecular flexibility index (Phi) is 2.10. The molecule has 0 spiro atoms. The molecule has 0 saturated carbocycles. The molecule has 0 unspecified atom stereocenters. The summed E-state index contributed by atoms with van der Waals surface area (Å²) < 4.78 is 2.80. The summed E-state index contributed by atoms with van der Waals surface area (Å²) in [6, 6.07) is 9.22. The molecule has 3 rings (SSSR count). The van der Waals surface area contributed by atoms with Crippen molar-refractivity contribution in [1.29, 1.82) is 0 Å². The van der Waals surface area contributed by atoms with Crippen LogP contribution in [0, 0.1) is 0 Å². The number of ketones is 1. The highest BCUT2D eigenvalue weighted by Crippen LogP contribution is 2.18. The molecule has 0 fully saturated rings. The van der Waals surface area contributed by atoms with E-state index in [4.69, 9.17) is 0 Å². The van der Waals surface area contributed by atoms with E-state index in [1.807, 2.05) is 24.3 Å². The summed E-state index contributed by atoms with van der Waals surface area (Å²) in [4.78, 5) is 23.5. The van der Waals surface area contributed by atoms with Gasteiger partial charge in [0.2, 0.25) is 0 Å². The molecule has 0 saturated heterocycles. The molecule has 2 heterocycles. The van der Waals surface area contributed by atoms with Gasteiger partial charge in [-0.2, -0.15) is 9.61 Å². The molecule has 0 aliphatic rings. The largest absolute Gasteiger partial charge is 0.349 e. The number of carbonyl (C=O) groups is 1. The summed E-state index contributed by atoms with van der Waals surface area (Å²) in [5, 5.41) is 4.96. The summed E-state index contributed by atoms with van der Waals surface area (Å²) in [5.74, 6) is -0.148. The third-order valence-corrected chi connectivity index (χ3v) is 3.08. The van der Waals surface area contributed by atoms with E-state index in [9.17, 15) is 9.59 Å². The molecule has 5 heteroatoms. The van der Waals surface area contributed by atoms with Gasteiger partial charge in [-0.05, 0) is 12.1 Å². The Hall–Kier alpha value is -2.43. The number of benzene rings is 1. The maximum absolute atomic E-state index is 12.1. The number of nitrogens with zero attached hydrogens (tertiary/aromatic N) is 3. The molecule has 1 aromatic carbocycles. The lowest BCUT2D eigenvalue weighted by Gasteiger charge is -2.05. The van der Waals surface area contributed by atoms with E-state index in [0.29, 0.717) is 11.2 Å². The number of Topliss-reactive ketones (excluding diaryl/α,β-unsaturated/α-hetero) is 1. The van der Waals surface area contributed by atoms with Gasteiger partial charge in [0.05, 0.1) is 11.0 Å². The van der Waals surface area contributed by atoms with Crippen LogP contribution in [0.5, 0.6) is 0 Å². The Morgan fingerprint density at radius 1 is 1.22 bits per heavy atom. The van der Waals surface area contributed by atoms with Crippen molar-refractivity contribution >= 4 is 22.2 Å². The molecule has 5 nitrogen and oxygen atoms in total. The van der Waals surface area contributed by atoms with Crippen molar-refractivity contribution in [2.45, 2.75) is 6.92 Å². The van der Waals surface area contributed by atoms with Crippen LogP contribution in [-0.2, 0) is 7.05 Å². The summed E-state index contributed by atoms with van der Waals surface area (Å²) in [5.41, 5.74) is 1.54. The van der Waals surface area contributed by atoms with E-state index >= 15 is 0 Å². The summed E-state index contributed by atoms with van der Waals surface area (Å²) >= 11 is 0. The second kappa shape index (κ2) is 3.53. The number of para-hydroxylation sites is 1. The van der Waals surface area contributed by atoms with Gasteiger partial charge in [-0.3, -0.25) is 9.36 Å². The smallest absolute Gasteiger partial charge is 0.295 e. The third kappa shape index (κ3) is 1.30. The first-order valence-corrected chi connectivity index (χ1v) is 5.58. The molecular weight excluding hydrogens is 230 g/mol. The molecule has 18 heavy (non-hydrogen) atoms. The van der Waals surface area contributed by atoms with Crippen LogP contribution in [0.2, 0.25) is 0 Å². The summed E-state index contributed by atoms with van der Waals surface area (Å²) in [6.45, 7) is 1.44. The Balaban J connectivity index is 2.61. The van der Waals surface area contributed by atoms with E-state index in [1.54, 1.807) is 13.1 Å². The van der Waals surface area contributed by atoms with Crippen molar-refractivity contribution in [1.82, 2.24) is 14.2 Å². The minimum atomic E-state index is -0.254. The fraction of sp³-hybridized carbons (Fsp3) is 0.154. The van der Waals surface area contributed by atoms with Gasteiger partial charge in [-0.1, -0.05) is 18.2 Å². The maximum atomic E-state index is 12.1. The highest BCUT2D eigenvalue weighted by atomic mass is 16.2. The van der Waals surface area contributed by atoms with Gasteiger partial charge in [0.1, 0.15) is 5.69 Å². The average Bonchev–Trinajstić information content (AvgIpc) is 2.81. The lowest BCUT2D eigenvalue weighted by molar-refractivity contribution is 0.101. The van der Waals surface area contributed by atoms with Crippen molar-refractivity contribution in [3.63, 3.8) is 0 Å². The number of aromatic nitrogens is 3. The molecular formula is C13H11N3O2. The standard InChI is InChI=1S/C13H11N3O2/c1-8(17)10-7-12-9-5-3-4-6-11(9)15(2)13(18)16(12)14-10/h3-7H,1-2H3. The Morgan fingerprint density at radius 2 is 1.94 bits per heavy atom. The zero-order chi connectivity index (χ0) is 12.9. The predicted molar refractivity (Wildman–Crippen MR) is 67.9 cm³/mol. The lowest BCUT2D eigenvalue weighted by atomic mass is 10.2. The van der Waals surface area contributed by atoms with Gasteiger partial charge in [0.15, 0.2) is 5.78 Å². The number of fused-ring (bicyclic) bond motifs is 3. The van der Waals surface area contributed by atoms with Crippen LogP contribution in [-0.4, -0.2) is 20.0 Å². The third-order valence-electron chi connectivity index (χ3n) is 3.08. The molecule has 0 aliphatic carbocycles. The second-order valence-electron chi connectivity index (χ2n) is 4.24. The lowest BCUT2D eigenvalue weighted by Crippen LogP contribution is -2.25. The highest BCUT2D eigenvalue weighted by Gasteiger charge is 2.12. The van der Waals surface area contributed by atoms with Crippen molar-refractivity contribution in [2.24, 2.45) is 7.05 Å². The minimum absolute atomic E-state index is 0.148. The predicted octanol–water partition coefficient (Wildman–Crippen LogP) is 1.39. The van der Waals surface area contributed by atoms with Gasteiger partial charge in [0.25, 0.3) is 0 Å². The molecule has 0 amide bonds. The van der Waals surface area contributed by atoms with Crippen molar-refractivity contribution < 1.29 is 4.79 Å². The van der Waals surface area contributed by atoms with Crippen LogP contribution >= 0.6 is 0 Å². The van der Waals surface area contributed by atoms with Crippen LogP contribution in [0.3, 0.4) is 0 Å². The first-order chi connectivity index (χ1) is 8.59. The highest BCUT2D eigenvalue weighted by molar-refractivity contribution is 5.98. The quantitative estimate of drug-likeness (QED) is 0.605. The number of hydrogen-bond donors (Lipinski definition) is 0. The fourth-order valence-electron chi connectivity index (χ4n) is 2.12. The zero-order valence-electron chi connectivity index (χ0n) is 10.0. The SMILES string of the molecule is CC(=O)c1cc2c3ccccc3n(C)c(=O)n2n1. The maximum Gasteiger partial charge on any atom is 0.349 e. The Morgan fingerprint density at radius 3 is 2.67 bits per heavy atom. The van der Waals surface area contributed by atoms with Gasteiger partial charge < -0.3 is 0 Å². The van der Waals surface area contributed by atoms with E-state index in [0.717, 1.165) is 10.9 Å². The van der Waals surface area contributed by atoms with Crippen LogP contribution in [0.4, 0.5) is 0 Å². The van der Waals surface area contributed by atoms with E-state index < -0.39 is 0 Å². The van der Waals surface area contributed by atoms with Crippen molar-refractivity contribution in [3.8, 4) is 0 Å². The molecule has 0 radical (unpaired) electrons. The summed E-state index contributed by atoms with van der Waals surface area (Å²) in [6.07, 6.45) is 0. The normalized spacial score (nSPS) is 11.2. The average molecular weight is 241 g/mol. The molecule has 0 aliphatic heterocycles.